The zero-order chi connectivity index (χ0) is 23.4. The molecule has 1 N–H and O–H groups in total. The molecule has 4 rings (SSSR count). The molecule has 0 aliphatic carbocycles. The van der Waals surface area contributed by atoms with Crippen LogP contribution in [0.25, 0.3) is 21.3 Å². The number of amides is 1. The Balaban J connectivity index is 1.61. The van der Waals surface area contributed by atoms with Gasteiger partial charge < -0.3 is 14.8 Å². The van der Waals surface area contributed by atoms with E-state index in [1.54, 1.807) is 31.2 Å². The van der Waals surface area contributed by atoms with Gasteiger partial charge in [-0.3, -0.25) is 14.2 Å². The normalized spacial score (nSPS) is 11.8. The quantitative estimate of drug-likeness (QED) is 0.392. The van der Waals surface area contributed by atoms with Crippen molar-refractivity contribution in [1.82, 2.24) is 9.55 Å². The van der Waals surface area contributed by atoms with Crippen molar-refractivity contribution in [1.29, 1.82) is 0 Å². The molecule has 2 aromatic carbocycles. The van der Waals surface area contributed by atoms with Crippen molar-refractivity contribution in [2.24, 2.45) is 0 Å². The lowest BCUT2D eigenvalue weighted by Gasteiger charge is -2.15. The summed E-state index contributed by atoms with van der Waals surface area (Å²) in [6.07, 6.45) is 1.44. The lowest BCUT2D eigenvalue weighted by atomic mass is 10.1. The first-order valence-corrected chi connectivity index (χ1v) is 11.6. The Bertz CT molecular complexity index is 1310. The molecule has 0 saturated heterocycles. The number of nitrogens with zero attached hydrogens (tertiary/aromatic N) is 2. The van der Waals surface area contributed by atoms with Crippen LogP contribution >= 0.6 is 11.3 Å². The predicted octanol–water partition coefficient (Wildman–Crippen LogP) is 5.12. The highest BCUT2D eigenvalue weighted by Gasteiger charge is 2.20. The van der Waals surface area contributed by atoms with Crippen LogP contribution in [0, 0.1) is 0 Å². The number of hydrogen-bond acceptors (Lipinski definition) is 6. The summed E-state index contributed by atoms with van der Waals surface area (Å²) in [5.41, 5.74) is 2.07. The molecule has 33 heavy (non-hydrogen) atoms. The van der Waals surface area contributed by atoms with Gasteiger partial charge in [0.25, 0.3) is 5.56 Å². The summed E-state index contributed by atoms with van der Waals surface area (Å²) in [5.74, 6) is 1.20. The van der Waals surface area contributed by atoms with E-state index in [1.165, 1.54) is 22.2 Å². The van der Waals surface area contributed by atoms with Gasteiger partial charge in [-0.2, -0.15) is 0 Å². The summed E-state index contributed by atoms with van der Waals surface area (Å²) >= 11 is 1.41. The van der Waals surface area contributed by atoms with Gasteiger partial charge in [-0.1, -0.05) is 12.1 Å². The second-order valence-corrected chi connectivity index (χ2v) is 8.22. The highest BCUT2D eigenvalue weighted by atomic mass is 32.1. The molecule has 7 nitrogen and oxygen atoms in total. The molecule has 170 valence electrons. The van der Waals surface area contributed by atoms with E-state index in [9.17, 15) is 9.59 Å². The number of rotatable bonds is 8. The van der Waals surface area contributed by atoms with E-state index in [1.807, 2.05) is 43.5 Å². The molecule has 0 aliphatic rings. The van der Waals surface area contributed by atoms with E-state index in [-0.39, 0.29) is 11.5 Å². The lowest BCUT2D eigenvalue weighted by Crippen LogP contribution is -2.31. The Morgan fingerprint density at radius 2 is 1.64 bits per heavy atom. The van der Waals surface area contributed by atoms with Crippen LogP contribution in [0.3, 0.4) is 0 Å². The maximum absolute atomic E-state index is 13.4. The number of carbonyl (C=O) groups is 1. The van der Waals surface area contributed by atoms with Crippen LogP contribution in [0.1, 0.15) is 26.8 Å². The molecule has 0 spiro atoms. The van der Waals surface area contributed by atoms with Crippen molar-refractivity contribution in [2.45, 2.75) is 26.8 Å². The zero-order valence-corrected chi connectivity index (χ0v) is 19.5. The van der Waals surface area contributed by atoms with Crippen molar-refractivity contribution in [2.75, 3.05) is 18.5 Å². The van der Waals surface area contributed by atoms with Gasteiger partial charge in [-0.05, 0) is 62.7 Å². The maximum Gasteiger partial charge on any atom is 0.263 e. The van der Waals surface area contributed by atoms with Gasteiger partial charge in [-0.25, -0.2) is 4.98 Å². The highest BCUT2D eigenvalue weighted by Crippen LogP contribution is 2.32. The lowest BCUT2D eigenvalue weighted by molar-refractivity contribution is -0.118. The number of nitrogens with one attached hydrogen (secondary N) is 1. The monoisotopic (exact) mass is 463 g/mol. The van der Waals surface area contributed by atoms with Crippen LogP contribution in [-0.2, 0) is 4.79 Å². The van der Waals surface area contributed by atoms with Gasteiger partial charge in [0.05, 0.1) is 24.9 Å². The fourth-order valence-corrected chi connectivity index (χ4v) is 4.41. The van der Waals surface area contributed by atoms with Gasteiger partial charge in [-0.15, -0.1) is 11.3 Å². The number of aromatic nitrogens is 2. The third-order valence-electron chi connectivity index (χ3n) is 5.23. The van der Waals surface area contributed by atoms with Gasteiger partial charge in [0.1, 0.15) is 22.4 Å². The molecule has 0 bridgehead atoms. The largest absolute Gasteiger partial charge is 0.494 e. The fraction of sp³-hybridized carbons (Fsp3) is 0.240. The van der Waals surface area contributed by atoms with E-state index >= 15 is 0 Å². The number of ether oxygens (including phenoxy) is 2. The number of fused-ring (bicyclic) bond motifs is 1. The van der Waals surface area contributed by atoms with Gasteiger partial charge >= 0.3 is 0 Å². The number of anilines is 1. The standard InChI is InChI=1S/C25H25N3O4S/c1-4-31-19-10-6-17(7-11-19)21-14-33-24-22(21)25(30)28(15-26-24)16(3)23(29)27-18-8-12-20(13-9-18)32-5-2/h6-16H,4-5H2,1-3H3,(H,27,29). The number of benzene rings is 2. The molecule has 0 radical (unpaired) electrons. The number of hydrogen-bond donors (Lipinski definition) is 1. The minimum absolute atomic E-state index is 0.250. The SMILES string of the molecule is CCOc1ccc(NC(=O)C(C)n2cnc3scc(-c4ccc(OCC)cc4)c3c2=O)cc1. The minimum atomic E-state index is -0.742. The molecule has 1 unspecified atom stereocenters. The molecule has 0 aliphatic heterocycles. The van der Waals surface area contributed by atoms with E-state index in [2.05, 4.69) is 10.3 Å². The predicted molar refractivity (Wildman–Crippen MR) is 131 cm³/mol. The highest BCUT2D eigenvalue weighted by molar-refractivity contribution is 7.17. The molecule has 2 aromatic heterocycles. The summed E-state index contributed by atoms with van der Waals surface area (Å²) in [6.45, 7) is 6.69. The molecule has 4 aromatic rings. The Morgan fingerprint density at radius 1 is 1.03 bits per heavy atom. The van der Waals surface area contributed by atoms with Crippen LogP contribution in [0.15, 0.2) is 65.0 Å². The van der Waals surface area contributed by atoms with Crippen molar-refractivity contribution < 1.29 is 14.3 Å². The first-order chi connectivity index (χ1) is 16.0. The molecule has 1 atom stereocenters. The molecule has 0 saturated carbocycles. The van der Waals surface area contributed by atoms with Crippen molar-refractivity contribution in [3.05, 3.63) is 70.6 Å². The Morgan fingerprint density at radius 3 is 2.24 bits per heavy atom. The summed E-state index contributed by atoms with van der Waals surface area (Å²) in [5, 5.41) is 5.28. The average molecular weight is 464 g/mol. The second kappa shape index (κ2) is 9.87. The van der Waals surface area contributed by atoms with Crippen LogP contribution in [0.5, 0.6) is 11.5 Å². The van der Waals surface area contributed by atoms with Crippen molar-refractivity contribution in [3.8, 4) is 22.6 Å². The van der Waals surface area contributed by atoms with Crippen LogP contribution < -0.4 is 20.3 Å². The zero-order valence-electron chi connectivity index (χ0n) is 18.7. The van der Waals surface area contributed by atoms with Crippen molar-refractivity contribution >= 4 is 33.1 Å². The van der Waals surface area contributed by atoms with E-state index in [0.717, 1.165) is 22.6 Å². The average Bonchev–Trinajstić information content (AvgIpc) is 3.26. The summed E-state index contributed by atoms with van der Waals surface area (Å²) in [7, 11) is 0. The Hall–Kier alpha value is -3.65. The van der Waals surface area contributed by atoms with Crippen LogP contribution in [0.4, 0.5) is 5.69 Å². The molecular formula is C25H25N3O4S. The van der Waals surface area contributed by atoms with Gasteiger partial charge in [0.2, 0.25) is 5.91 Å². The second-order valence-electron chi connectivity index (χ2n) is 7.37. The Kier molecular flexibility index (Phi) is 6.74. The summed E-state index contributed by atoms with van der Waals surface area (Å²) < 4.78 is 12.3. The third-order valence-corrected chi connectivity index (χ3v) is 6.11. The van der Waals surface area contributed by atoms with E-state index in [0.29, 0.717) is 29.1 Å². The minimum Gasteiger partial charge on any atom is -0.494 e. The first-order valence-electron chi connectivity index (χ1n) is 10.8. The summed E-state index contributed by atoms with van der Waals surface area (Å²) in [4.78, 5) is 31.3. The number of carbonyl (C=O) groups excluding carboxylic acids is 1. The van der Waals surface area contributed by atoms with E-state index in [4.69, 9.17) is 9.47 Å². The maximum atomic E-state index is 13.4. The fourth-order valence-electron chi connectivity index (χ4n) is 3.51. The van der Waals surface area contributed by atoms with E-state index < -0.39 is 6.04 Å². The smallest absolute Gasteiger partial charge is 0.263 e. The van der Waals surface area contributed by atoms with Crippen LogP contribution in [-0.4, -0.2) is 28.7 Å². The number of thiophene rings is 1. The summed E-state index contributed by atoms with van der Waals surface area (Å²) in [6, 6.07) is 14.0. The molecule has 8 heteroatoms. The molecule has 0 fully saturated rings. The first kappa shape index (κ1) is 22.5. The topological polar surface area (TPSA) is 82.4 Å². The molecule has 1 amide bonds. The van der Waals surface area contributed by atoms with Crippen LogP contribution in [0.2, 0.25) is 0 Å². The van der Waals surface area contributed by atoms with Crippen molar-refractivity contribution in [3.63, 3.8) is 0 Å². The van der Waals surface area contributed by atoms with Gasteiger partial charge in [0.15, 0.2) is 0 Å². The molecular weight excluding hydrogens is 438 g/mol. The Labute approximate surface area is 195 Å². The molecule has 2 heterocycles. The van der Waals surface area contributed by atoms with Gasteiger partial charge in [0, 0.05) is 16.6 Å². The third kappa shape index (κ3) is 4.75.